The smallest absolute Gasteiger partial charge is 0.191 e. The summed E-state index contributed by atoms with van der Waals surface area (Å²) in [5, 5.41) is 16.2. The van der Waals surface area contributed by atoms with E-state index in [2.05, 4.69) is 15.6 Å². The molecule has 1 unspecified atom stereocenters. The second-order valence-electron chi connectivity index (χ2n) is 4.59. The molecule has 1 rings (SSSR count). The zero-order chi connectivity index (χ0) is 14.3. The van der Waals surface area contributed by atoms with Gasteiger partial charge in [-0.1, -0.05) is 12.1 Å². The molecule has 0 bridgehead atoms. The first-order valence-corrected chi connectivity index (χ1v) is 6.51. The number of aliphatic hydroxyl groups is 1. The summed E-state index contributed by atoms with van der Waals surface area (Å²) in [6, 6.07) is 6.07. The van der Waals surface area contributed by atoms with Crippen LogP contribution in [0.4, 0.5) is 4.39 Å². The molecule has 1 atom stereocenters. The molecular weight excluding hydrogens is 372 g/mol. The molecule has 0 aromatic heterocycles. The Labute approximate surface area is 136 Å². The number of hydrogen-bond acceptors (Lipinski definition) is 2. The normalized spacial score (nSPS) is 12.8. The van der Waals surface area contributed by atoms with E-state index < -0.39 is 6.10 Å². The van der Waals surface area contributed by atoms with E-state index in [4.69, 9.17) is 0 Å². The van der Waals surface area contributed by atoms with Crippen molar-refractivity contribution in [3.05, 3.63) is 35.6 Å². The van der Waals surface area contributed by atoms with Crippen molar-refractivity contribution in [1.29, 1.82) is 0 Å². The molecule has 0 amide bonds. The van der Waals surface area contributed by atoms with Crippen molar-refractivity contribution in [1.82, 2.24) is 10.6 Å². The lowest BCUT2D eigenvalue weighted by molar-refractivity contribution is 0.187. The highest BCUT2D eigenvalue weighted by atomic mass is 127. The summed E-state index contributed by atoms with van der Waals surface area (Å²) in [6.45, 7) is 7.00. The van der Waals surface area contributed by atoms with Crippen LogP contribution < -0.4 is 10.6 Å². The van der Waals surface area contributed by atoms with Crippen LogP contribution in [0.1, 0.15) is 32.4 Å². The fourth-order valence-electron chi connectivity index (χ4n) is 1.56. The molecule has 114 valence electrons. The lowest BCUT2D eigenvalue weighted by atomic mass is 10.1. The van der Waals surface area contributed by atoms with Gasteiger partial charge in [0.1, 0.15) is 5.82 Å². The minimum atomic E-state index is -0.733. The van der Waals surface area contributed by atoms with Crippen LogP contribution in [0.25, 0.3) is 0 Å². The van der Waals surface area contributed by atoms with Crippen molar-refractivity contribution in [2.24, 2.45) is 4.99 Å². The van der Waals surface area contributed by atoms with E-state index in [1.165, 1.54) is 12.1 Å². The number of benzene rings is 1. The van der Waals surface area contributed by atoms with E-state index >= 15 is 0 Å². The molecule has 1 aromatic rings. The average Bonchev–Trinajstić information content (AvgIpc) is 2.36. The van der Waals surface area contributed by atoms with Crippen molar-refractivity contribution in [3.63, 3.8) is 0 Å². The Hall–Kier alpha value is -0.890. The number of guanidine groups is 1. The fraction of sp³-hybridized carbons (Fsp3) is 0.500. The maximum absolute atomic E-state index is 12.8. The number of nitrogens with one attached hydrogen (secondary N) is 2. The van der Waals surface area contributed by atoms with Crippen molar-refractivity contribution >= 4 is 29.9 Å². The quantitative estimate of drug-likeness (QED) is 0.408. The Kier molecular flexibility index (Phi) is 9.49. The summed E-state index contributed by atoms with van der Waals surface area (Å²) in [5.74, 6) is 0.355. The van der Waals surface area contributed by atoms with Crippen LogP contribution in [-0.4, -0.2) is 30.2 Å². The van der Waals surface area contributed by atoms with Crippen LogP contribution in [-0.2, 0) is 0 Å². The van der Waals surface area contributed by atoms with Gasteiger partial charge in [0.2, 0.25) is 0 Å². The van der Waals surface area contributed by atoms with Crippen molar-refractivity contribution in [2.45, 2.75) is 32.9 Å². The zero-order valence-corrected chi connectivity index (χ0v) is 14.4. The maximum Gasteiger partial charge on any atom is 0.191 e. The van der Waals surface area contributed by atoms with Crippen LogP contribution in [0.2, 0.25) is 0 Å². The third kappa shape index (κ3) is 7.04. The van der Waals surface area contributed by atoms with Gasteiger partial charge in [-0.25, -0.2) is 4.39 Å². The van der Waals surface area contributed by atoms with E-state index in [1.54, 1.807) is 12.1 Å². The minimum absolute atomic E-state index is 0. The molecule has 4 nitrogen and oxygen atoms in total. The van der Waals surface area contributed by atoms with Gasteiger partial charge in [-0.3, -0.25) is 4.99 Å². The first-order chi connectivity index (χ1) is 9.02. The highest BCUT2D eigenvalue weighted by Gasteiger charge is 2.08. The number of rotatable bonds is 5. The molecule has 6 heteroatoms. The Morgan fingerprint density at radius 2 is 1.90 bits per heavy atom. The molecule has 0 aliphatic heterocycles. The number of nitrogens with zero attached hydrogens (tertiary/aromatic N) is 1. The van der Waals surface area contributed by atoms with E-state index in [0.717, 1.165) is 6.54 Å². The molecule has 20 heavy (non-hydrogen) atoms. The van der Waals surface area contributed by atoms with Gasteiger partial charge in [-0.2, -0.15) is 0 Å². The SMILES string of the molecule is CCNC(=NCC(O)c1ccc(F)cc1)NC(C)C.I. The van der Waals surface area contributed by atoms with Gasteiger partial charge in [0.15, 0.2) is 5.96 Å². The summed E-state index contributed by atoms with van der Waals surface area (Å²) in [6.07, 6.45) is -0.733. The predicted octanol–water partition coefficient (Wildman–Crippen LogP) is 2.44. The number of aliphatic hydroxyl groups excluding tert-OH is 1. The van der Waals surface area contributed by atoms with Gasteiger partial charge in [0, 0.05) is 12.6 Å². The lowest BCUT2D eigenvalue weighted by Gasteiger charge is -2.15. The van der Waals surface area contributed by atoms with Gasteiger partial charge in [-0.15, -0.1) is 24.0 Å². The van der Waals surface area contributed by atoms with Gasteiger partial charge < -0.3 is 15.7 Å². The second-order valence-corrected chi connectivity index (χ2v) is 4.59. The topological polar surface area (TPSA) is 56.7 Å². The molecular formula is C14H23FIN3O. The van der Waals surface area contributed by atoms with Gasteiger partial charge in [0.05, 0.1) is 12.6 Å². The summed E-state index contributed by atoms with van der Waals surface area (Å²) in [5.41, 5.74) is 0.658. The molecule has 0 saturated carbocycles. The molecule has 0 radical (unpaired) electrons. The standard InChI is InChI=1S/C14H22FN3O.HI/c1-4-16-14(18-10(2)3)17-9-13(19)11-5-7-12(15)8-6-11;/h5-8,10,13,19H,4,9H2,1-3H3,(H2,16,17,18);1H. The van der Waals surface area contributed by atoms with Crippen LogP contribution in [0.3, 0.4) is 0 Å². The number of halogens is 2. The zero-order valence-electron chi connectivity index (χ0n) is 12.1. The Morgan fingerprint density at radius 1 is 1.30 bits per heavy atom. The van der Waals surface area contributed by atoms with Crippen molar-refractivity contribution < 1.29 is 9.50 Å². The number of aliphatic imine (C=N–C) groups is 1. The maximum atomic E-state index is 12.8. The summed E-state index contributed by atoms with van der Waals surface area (Å²) in [4.78, 5) is 4.30. The number of hydrogen-bond donors (Lipinski definition) is 3. The van der Waals surface area contributed by atoms with Crippen LogP contribution >= 0.6 is 24.0 Å². The van der Waals surface area contributed by atoms with E-state index in [9.17, 15) is 9.50 Å². The first kappa shape index (κ1) is 19.1. The van der Waals surface area contributed by atoms with Crippen molar-refractivity contribution in [3.8, 4) is 0 Å². The molecule has 0 aliphatic carbocycles. The largest absolute Gasteiger partial charge is 0.386 e. The third-order valence-electron chi connectivity index (χ3n) is 2.45. The third-order valence-corrected chi connectivity index (χ3v) is 2.45. The monoisotopic (exact) mass is 395 g/mol. The van der Waals surface area contributed by atoms with Crippen LogP contribution in [0.5, 0.6) is 0 Å². The average molecular weight is 395 g/mol. The molecule has 0 spiro atoms. The lowest BCUT2D eigenvalue weighted by Crippen LogP contribution is -2.41. The summed E-state index contributed by atoms with van der Waals surface area (Å²) in [7, 11) is 0. The molecule has 1 aromatic carbocycles. The highest BCUT2D eigenvalue weighted by Crippen LogP contribution is 2.13. The Morgan fingerprint density at radius 3 is 2.40 bits per heavy atom. The van der Waals surface area contributed by atoms with Crippen LogP contribution in [0.15, 0.2) is 29.3 Å². The Bertz CT molecular complexity index is 409. The molecule has 0 fully saturated rings. The molecule has 0 saturated heterocycles. The molecule has 0 aliphatic rings. The van der Waals surface area contributed by atoms with E-state index in [0.29, 0.717) is 11.5 Å². The van der Waals surface area contributed by atoms with Crippen LogP contribution in [0, 0.1) is 5.82 Å². The van der Waals surface area contributed by atoms with Gasteiger partial charge >= 0.3 is 0 Å². The fourth-order valence-corrected chi connectivity index (χ4v) is 1.56. The second kappa shape index (κ2) is 9.93. The van der Waals surface area contributed by atoms with Gasteiger partial charge in [0.25, 0.3) is 0 Å². The minimum Gasteiger partial charge on any atom is -0.386 e. The summed E-state index contributed by atoms with van der Waals surface area (Å²) < 4.78 is 12.8. The summed E-state index contributed by atoms with van der Waals surface area (Å²) >= 11 is 0. The van der Waals surface area contributed by atoms with Crippen molar-refractivity contribution in [2.75, 3.05) is 13.1 Å². The van der Waals surface area contributed by atoms with E-state index in [1.807, 2.05) is 20.8 Å². The molecule has 3 N–H and O–H groups in total. The highest BCUT2D eigenvalue weighted by molar-refractivity contribution is 14.0. The first-order valence-electron chi connectivity index (χ1n) is 6.51. The Balaban J connectivity index is 0.00000361. The molecule has 0 heterocycles. The predicted molar refractivity (Wildman–Crippen MR) is 91.0 cm³/mol. The van der Waals surface area contributed by atoms with Gasteiger partial charge in [-0.05, 0) is 38.5 Å². The van der Waals surface area contributed by atoms with E-state index in [-0.39, 0.29) is 42.4 Å².